The summed E-state index contributed by atoms with van der Waals surface area (Å²) >= 11 is 0. The average molecular weight is 432 g/mol. The van der Waals surface area contributed by atoms with Gasteiger partial charge in [-0.2, -0.15) is 0 Å². The molecule has 0 fully saturated rings. The van der Waals surface area contributed by atoms with Crippen LogP contribution in [0.15, 0.2) is 47.4 Å². The molecule has 7 nitrogen and oxygen atoms in total. The van der Waals surface area contributed by atoms with Crippen molar-refractivity contribution in [3.8, 4) is 0 Å². The van der Waals surface area contributed by atoms with Gasteiger partial charge in [0.1, 0.15) is 6.04 Å². The molecule has 0 spiro atoms. The Morgan fingerprint density at radius 3 is 2.27 bits per heavy atom. The van der Waals surface area contributed by atoms with E-state index in [1.165, 1.54) is 12.1 Å². The number of benzene rings is 2. The summed E-state index contributed by atoms with van der Waals surface area (Å²) < 4.78 is 28.1. The van der Waals surface area contributed by atoms with Crippen molar-refractivity contribution in [2.45, 2.75) is 58.0 Å². The molecule has 0 aliphatic carbocycles. The molecule has 1 unspecified atom stereocenters. The van der Waals surface area contributed by atoms with Gasteiger partial charge in [-0.3, -0.25) is 14.3 Å². The van der Waals surface area contributed by atoms with Crippen molar-refractivity contribution in [1.82, 2.24) is 10.6 Å². The minimum Gasteiger partial charge on any atom is -0.350 e. The van der Waals surface area contributed by atoms with Gasteiger partial charge in [-0.25, -0.2) is 8.42 Å². The van der Waals surface area contributed by atoms with Crippen molar-refractivity contribution >= 4 is 27.5 Å². The van der Waals surface area contributed by atoms with Crippen molar-refractivity contribution in [3.05, 3.63) is 59.2 Å². The number of rotatable bonds is 6. The summed E-state index contributed by atoms with van der Waals surface area (Å²) in [5.74, 6) is -0.838. The lowest BCUT2D eigenvalue weighted by atomic mass is 10.1. The fourth-order valence-corrected chi connectivity index (χ4v) is 3.83. The molecule has 8 heteroatoms. The Morgan fingerprint density at radius 2 is 1.67 bits per heavy atom. The monoisotopic (exact) mass is 431 g/mol. The van der Waals surface area contributed by atoms with E-state index in [1.807, 2.05) is 33.8 Å². The summed E-state index contributed by atoms with van der Waals surface area (Å²) in [5, 5.41) is 5.43. The van der Waals surface area contributed by atoms with Crippen LogP contribution in [-0.2, 0) is 14.8 Å². The van der Waals surface area contributed by atoms with Gasteiger partial charge in [0.05, 0.1) is 4.90 Å². The number of nitrogens with one attached hydrogen (secondary N) is 3. The number of hydrogen-bond acceptors (Lipinski definition) is 4. The maximum Gasteiger partial charge on any atom is 0.261 e. The highest BCUT2D eigenvalue weighted by atomic mass is 32.2. The second kappa shape index (κ2) is 8.87. The Kier molecular flexibility index (Phi) is 6.92. The maximum absolute atomic E-state index is 12.8. The Balaban J connectivity index is 2.23. The van der Waals surface area contributed by atoms with Gasteiger partial charge in [-0.05, 0) is 76.9 Å². The van der Waals surface area contributed by atoms with E-state index in [2.05, 4.69) is 15.4 Å². The molecule has 3 N–H and O–H groups in total. The number of aryl methyl sites for hydroxylation is 2. The lowest BCUT2D eigenvalue weighted by Crippen LogP contribution is -2.50. The standard InChI is InChI=1S/C22H29N3O4S/c1-14-8-7-9-17(12-14)25-30(28,29)18-11-10-15(2)19(13-18)21(27)23-16(3)20(26)24-22(4,5)6/h7-13,16,25H,1-6H3,(H,23,27)(H,24,26). The second-order valence-electron chi connectivity index (χ2n) is 8.39. The van der Waals surface area contributed by atoms with Crippen molar-refractivity contribution in [3.63, 3.8) is 0 Å². The van der Waals surface area contributed by atoms with E-state index >= 15 is 0 Å². The summed E-state index contributed by atoms with van der Waals surface area (Å²) in [5.41, 5.74) is 1.72. The van der Waals surface area contributed by atoms with E-state index in [0.29, 0.717) is 11.3 Å². The highest BCUT2D eigenvalue weighted by Crippen LogP contribution is 2.20. The number of amides is 2. The van der Waals surface area contributed by atoms with Crippen LogP contribution in [0.2, 0.25) is 0 Å². The van der Waals surface area contributed by atoms with E-state index < -0.39 is 27.5 Å². The lowest BCUT2D eigenvalue weighted by molar-refractivity contribution is -0.124. The van der Waals surface area contributed by atoms with Crippen LogP contribution in [0.5, 0.6) is 0 Å². The predicted octanol–water partition coefficient (Wildman–Crippen LogP) is 3.14. The van der Waals surface area contributed by atoms with Crippen LogP contribution >= 0.6 is 0 Å². The molecular formula is C22H29N3O4S. The molecule has 0 radical (unpaired) electrons. The molecule has 0 aliphatic heterocycles. The highest BCUT2D eigenvalue weighted by Gasteiger charge is 2.23. The molecule has 162 valence electrons. The van der Waals surface area contributed by atoms with Crippen molar-refractivity contribution in [2.24, 2.45) is 0 Å². The predicted molar refractivity (Wildman–Crippen MR) is 118 cm³/mol. The van der Waals surface area contributed by atoms with E-state index in [4.69, 9.17) is 0 Å². The molecule has 30 heavy (non-hydrogen) atoms. The Hall–Kier alpha value is -2.87. The molecule has 2 aromatic carbocycles. The first-order valence-electron chi connectivity index (χ1n) is 9.61. The van der Waals surface area contributed by atoms with Gasteiger partial charge in [0, 0.05) is 16.8 Å². The number of carbonyl (C=O) groups excluding carboxylic acids is 2. The highest BCUT2D eigenvalue weighted by molar-refractivity contribution is 7.92. The van der Waals surface area contributed by atoms with E-state index in [9.17, 15) is 18.0 Å². The lowest BCUT2D eigenvalue weighted by Gasteiger charge is -2.24. The summed E-state index contributed by atoms with van der Waals surface area (Å²) in [6, 6.07) is 10.5. The molecule has 2 amide bonds. The van der Waals surface area contributed by atoms with Gasteiger partial charge in [0.2, 0.25) is 5.91 Å². The minimum absolute atomic E-state index is 0.0356. The minimum atomic E-state index is -3.88. The first-order chi connectivity index (χ1) is 13.8. The number of hydrogen-bond donors (Lipinski definition) is 3. The summed E-state index contributed by atoms with van der Waals surface area (Å²) in [6.45, 7) is 10.7. The van der Waals surface area contributed by atoms with Gasteiger partial charge in [0.25, 0.3) is 15.9 Å². The quantitative estimate of drug-likeness (QED) is 0.653. The van der Waals surface area contributed by atoms with Crippen LogP contribution in [0.25, 0.3) is 0 Å². The number of anilines is 1. The molecule has 1 atom stereocenters. The molecular weight excluding hydrogens is 402 g/mol. The third-order valence-corrected chi connectivity index (χ3v) is 5.65. The SMILES string of the molecule is Cc1cccc(NS(=O)(=O)c2ccc(C)c(C(=O)NC(C)C(=O)NC(C)(C)C)c2)c1. The molecule has 0 aromatic heterocycles. The Bertz CT molecular complexity index is 1060. The van der Waals surface area contributed by atoms with E-state index in [0.717, 1.165) is 5.56 Å². The van der Waals surface area contributed by atoms with Gasteiger partial charge < -0.3 is 10.6 Å². The first kappa shape index (κ1) is 23.4. The zero-order chi connectivity index (χ0) is 22.7. The first-order valence-corrected chi connectivity index (χ1v) is 11.1. The van der Waals surface area contributed by atoms with E-state index in [-0.39, 0.29) is 16.4 Å². The van der Waals surface area contributed by atoms with Gasteiger partial charge >= 0.3 is 0 Å². The molecule has 0 heterocycles. The van der Waals surface area contributed by atoms with Crippen LogP contribution in [0.4, 0.5) is 5.69 Å². The third-order valence-electron chi connectivity index (χ3n) is 4.27. The fraction of sp³-hybridized carbons (Fsp3) is 0.364. The van der Waals surface area contributed by atoms with Crippen LogP contribution in [-0.4, -0.2) is 31.8 Å². The fourth-order valence-electron chi connectivity index (χ4n) is 2.75. The summed E-state index contributed by atoms with van der Waals surface area (Å²) in [7, 11) is -3.88. The topological polar surface area (TPSA) is 104 Å². The zero-order valence-corrected chi connectivity index (χ0v) is 19.0. The Labute approximate surface area is 178 Å². The van der Waals surface area contributed by atoms with Crippen molar-refractivity contribution in [1.29, 1.82) is 0 Å². The Morgan fingerprint density at radius 1 is 1.00 bits per heavy atom. The van der Waals surface area contributed by atoms with Gasteiger partial charge in [-0.15, -0.1) is 0 Å². The average Bonchev–Trinajstić information content (AvgIpc) is 2.59. The van der Waals surface area contributed by atoms with Crippen LogP contribution in [0.3, 0.4) is 0 Å². The zero-order valence-electron chi connectivity index (χ0n) is 18.2. The van der Waals surface area contributed by atoms with Gasteiger partial charge in [-0.1, -0.05) is 18.2 Å². The second-order valence-corrected chi connectivity index (χ2v) is 10.1. The molecule has 2 rings (SSSR count). The summed E-state index contributed by atoms with van der Waals surface area (Å²) in [4.78, 5) is 24.9. The van der Waals surface area contributed by atoms with Crippen LogP contribution < -0.4 is 15.4 Å². The number of carbonyl (C=O) groups is 2. The maximum atomic E-state index is 12.8. The molecule has 2 aromatic rings. The molecule has 0 saturated heterocycles. The summed E-state index contributed by atoms with van der Waals surface area (Å²) in [6.07, 6.45) is 0. The normalized spacial score (nSPS) is 12.7. The molecule has 0 saturated carbocycles. The van der Waals surface area contributed by atoms with Crippen LogP contribution in [0.1, 0.15) is 49.2 Å². The van der Waals surface area contributed by atoms with Crippen molar-refractivity contribution in [2.75, 3.05) is 4.72 Å². The number of sulfonamides is 1. The largest absolute Gasteiger partial charge is 0.350 e. The third kappa shape index (κ3) is 6.32. The molecule has 0 aliphatic rings. The smallest absolute Gasteiger partial charge is 0.261 e. The molecule has 0 bridgehead atoms. The van der Waals surface area contributed by atoms with Gasteiger partial charge in [0.15, 0.2) is 0 Å². The van der Waals surface area contributed by atoms with Crippen molar-refractivity contribution < 1.29 is 18.0 Å². The van der Waals surface area contributed by atoms with Crippen LogP contribution in [0, 0.1) is 13.8 Å². The van der Waals surface area contributed by atoms with E-state index in [1.54, 1.807) is 38.1 Å².